The standard InChI is InChI=1S/C48H29N3S2/c1-2-13-28(14-3-1)30-16-12-17-31(27-30)43-42-37-26-25-29-15-4-5-18-32(29)45(37)53-47(42)50-48(49-43)51-38-23-10-8-21-35(38)40-33-19-6-7-20-34(33)41-36-22-9-11-24-39(36)52-46(41)44(40)51/h1-27,47H,(H,49,50). The number of para-hydroxylation sites is 1. The molecule has 0 bridgehead atoms. The van der Waals surface area contributed by atoms with Gasteiger partial charge < -0.3 is 5.32 Å². The molecule has 12 rings (SSSR count). The molecule has 2 aliphatic rings. The summed E-state index contributed by atoms with van der Waals surface area (Å²) in [6.45, 7) is 0. The van der Waals surface area contributed by atoms with Crippen molar-refractivity contribution in [3.8, 4) is 11.1 Å². The minimum absolute atomic E-state index is 0.0201. The highest BCUT2D eigenvalue weighted by atomic mass is 32.2. The Labute approximate surface area is 313 Å². The topological polar surface area (TPSA) is 29.3 Å². The summed E-state index contributed by atoms with van der Waals surface area (Å²) < 4.78 is 5.01. The van der Waals surface area contributed by atoms with Crippen molar-refractivity contribution in [1.29, 1.82) is 0 Å². The minimum Gasteiger partial charge on any atom is -0.339 e. The molecular weight excluding hydrogens is 683 g/mol. The van der Waals surface area contributed by atoms with Crippen LogP contribution in [0.5, 0.6) is 0 Å². The van der Waals surface area contributed by atoms with Gasteiger partial charge in [-0.1, -0.05) is 157 Å². The maximum Gasteiger partial charge on any atom is 0.209 e. The van der Waals surface area contributed by atoms with E-state index in [0.29, 0.717) is 0 Å². The maximum absolute atomic E-state index is 5.73. The van der Waals surface area contributed by atoms with Gasteiger partial charge >= 0.3 is 0 Å². The summed E-state index contributed by atoms with van der Waals surface area (Å²) in [6, 6.07) is 59.5. The monoisotopic (exact) mass is 711 g/mol. The average molecular weight is 712 g/mol. The Balaban J connectivity index is 1.20. The number of fused-ring (bicyclic) bond motifs is 15. The summed E-state index contributed by atoms with van der Waals surface area (Å²) in [6.07, 6.45) is 0. The van der Waals surface area contributed by atoms with Gasteiger partial charge in [-0.3, -0.25) is 4.57 Å². The molecule has 53 heavy (non-hydrogen) atoms. The molecular formula is C48H29N3S2. The van der Waals surface area contributed by atoms with Crippen LogP contribution in [-0.2, 0) is 0 Å². The van der Waals surface area contributed by atoms with Crippen LogP contribution in [0.2, 0.25) is 0 Å². The number of thiophene rings is 1. The fourth-order valence-corrected chi connectivity index (χ4v) is 11.4. The van der Waals surface area contributed by atoms with Crippen LogP contribution in [0.15, 0.2) is 174 Å². The van der Waals surface area contributed by atoms with Gasteiger partial charge in [-0.05, 0) is 56.4 Å². The van der Waals surface area contributed by atoms with Crippen LogP contribution in [0, 0.1) is 0 Å². The summed E-state index contributed by atoms with van der Waals surface area (Å²) >= 11 is 3.80. The van der Waals surface area contributed by atoms with Gasteiger partial charge in [-0.15, -0.1) is 11.3 Å². The van der Waals surface area contributed by atoms with E-state index in [4.69, 9.17) is 4.99 Å². The Hall–Kier alpha value is -6.14. The normalized spacial score (nSPS) is 15.5. The van der Waals surface area contributed by atoms with Crippen molar-refractivity contribution >= 4 is 104 Å². The Morgan fingerprint density at radius 3 is 2.09 bits per heavy atom. The van der Waals surface area contributed by atoms with Crippen molar-refractivity contribution in [1.82, 2.24) is 9.88 Å². The van der Waals surface area contributed by atoms with Crippen LogP contribution in [0.1, 0.15) is 11.1 Å². The molecule has 0 radical (unpaired) electrons. The molecule has 5 heteroatoms. The lowest BCUT2D eigenvalue weighted by Crippen LogP contribution is -2.39. The lowest BCUT2D eigenvalue weighted by atomic mass is 9.94. The highest BCUT2D eigenvalue weighted by Crippen LogP contribution is 2.52. The number of aromatic nitrogens is 1. The van der Waals surface area contributed by atoms with Gasteiger partial charge in [-0.25, -0.2) is 4.99 Å². The third-order valence-electron chi connectivity index (χ3n) is 11.0. The molecule has 0 amide bonds. The maximum atomic E-state index is 5.73. The van der Waals surface area contributed by atoms with E-state index in [0.717, 1.165) is 22.7 Å². The van der Waals surface area contributed by atoms with E-state index in [-0.39, 0.29) is 5.37 Å². The number of hydrogen-bond donors (Lipinski definition) is 1. The molecule has 0 aliphatic carbocycles. The van der Waals surface area contributed by atoms with E-state index in [1.165, 1.54) is 85.2 Å². The average Bonchev–Trinajstić information content (AvgIpc) is 3.91. The van der Waals surface area contributed by atoms with E-state index < -0.39 is 0 Å². The van der Waals surface area contributed by atoms with Gasteiger partial charge in [0.25, 0.3) is 0 Å². The molecule has 0 spiro atoms. The predicted octanol–water partition coefficient (Wildman–Crippen LogP) is 12.9. The third-order valence-corrected chi connectivity index (χ3v) is 13.4. The summed E-state index contributed by atoms with van der Waals surface area (Å²) in [4.78, 5) is 7.04. The zero-order valence-electron chi connectivity index (χ0n) is 28.4. The van der Waals surface area contributed by atoms with E-state index in [2.05, 4.69) is 174 Å². The fourth-order valence-electron chi connectivity index (χ4n) is 8.73. The molecule has 8 aromatic carbocycles. The molecule has 3 nitrogen and oxygen atoms in total. The molecule has 1 atom stereocenters. The lowest BCUT2D eigenvalue weighted by Gasteiger charge is -2.26. The summed E-state index contributed by atoms with van der Waals surface area (Å²) in [5, 5.41) is 14.2. The number of nitrogens with one attached hydrogen (secondary N) is 1. The second kappa shape index (κ2) is 11.2. The van der Waals surface area contributed by atoms with E-state index >= 15 is 0 Å². The summed E-state index contributed by atoms with van der Waals surface area (Å²) in [5.41, 5.74) is 9.37. The van der Waals surface area contributed by atoms with Crippen molar-refractivity contribution in [2.45, 2.75) is 10.3 Å². The minimum atomic E-state index is -0.0201. The predicted molar refractivity (Wildman–Crippen MR) is 228 cm³/mol. The van der Waals surface area contributed by atoms with Crippen LogP contribution >= 0.6 is 23.1 Å². The molecule has 1 unspecified atom stereocenters. The lowest BCUT2D eigenvalue weighted by molar-refractivity contribution is 0.936. The van der Waals surface area contributed by atoms with Gasteiger partial charge in [0.2, 0.25) is 5.96 Å². The highest BCUT2D eigenvalue weighted by molar-refractivity contribution is 8.01. The number of benzene rings is 8. The van der Waals surface area contributed by atoms with Crippen molar-refractivity contribution in [3.05, 3.63) is 175 Å². The first-order chi connectivity index (χ1) is 26.3. The highest BCUT2D eigenvalue weighted by Gasteiger charge is 2.37. The summed E-state index contributed by atoms with van der Waals surface area (Å²) in [5.74, 6) is 0.851. The first kappa shape index (κ1) is 29.4. The molecule has 248 valence electrons. The van der Waals surface area contributed by atoms with Gasteiger partial charge in [-0.2, -0.15) is 0 Å². The quantitative estimate of drug-likeness (QED) is 0.193. The van der Waals surface area contributed by atoms with Crippen LogP contribution < -0.4 is 5.32 Å². The molecule has 2 aromatic heterocycles. The smallest absolute Gasteiger partial charge is 0.209 e. The second-order valence-corrected chi connectivity index (χ2v) is 16.0. The molecule has 0 saturated heterocycles. The van der Waals surface area contributed by atoms with Crippen molar-refractivity contribution < 1.29 is 0 Å². The fraction of sp³-hybridized carbons (Fsp3) is 0.0208. The Kier molecular flexibility index (Phi) is 6.21. The Morgan fingerprint density at radius 1 is 0.547 bits per heavy atom. The zero-order valence-corrected chi connectivity index (χ0v) is 30.0. The SMILES string of the molecule is c1ccc(-c2cccc(C3=C4c5ccc6ccccc6c5SC4NC(n4c5ccccc5c5c6ccccc6c6c7ccccc7sc6c54)=N3)c2)cc1. The van der Waals surface area contributed by atoms with Crippen LogP contribution in [-0.4, -0.2) is 15.9 Å². The first-order valence-corrected chi connectivity index (χ1v) is 19.7. The summed E-state index contributed by atoms with van der Waals surface area (Å²) in [7, 11) is 0. The Morgan fingerprint density at radius 2 is 1.23 bits per heavy atom. The number of aliphatic imine (C=N–C) groups is 1. The second-order valence-electron chi connectivity index (χ2n) is 13.9. The molecule has 4 heterocycles. The number of nitrogens with zero attached hydrogens (tertiary/aromatic N) is 2. The number of hydrogen-bond acceptors (Lipinski definition) is 4. The Bertz CT molecular complexity index is 3240. The first-order valence-electron chi connectivity index (χ1n) is 18.0. The zero-order chi connectivity index (χ0) is 34.6. The van der Waals surface area contributed by atoms with Crippen molar-refractivity contribution in [2.75, 3.05) is 0 Å². The van der Waals surface area contributed by atoms with Crippen molar-refractivity contribution in [2.24, 2.45) is 4.99 Å². The van der Waals surface area contributed by atoms with E-state index in [9.17, 15) is 0 Å². The van der Waals surface area contributed by atoms with E-state index in [1.807, 2.05) is 23.1 Å². The molecule has 0 saturated carbocycles. The van der Waals surface area contributed by atoms with Crippen LogP contribution in [0.3, 0.4) is 0 Å². The third kappa shape index (κ3) is 4.20. The van der Waals surface area contributed by atoms with Gasteiger partial charge in [0, 0.05) is 42.3 Å². The van der Waals surface area contributed by atoms with Gasteiger partial charge in [0.1, 0.15) is 5.37 Å². The molecule has 1 N–H and O–H groups in total. The van der Waals surface area contributed by atoms with E-state index in [1.54, 1.807) is 0 Å². The van der Waals surface area contributed by atoms with Gasteiger partial charge in [0.05, 0.1) is 21.4 Å². The van der Waals surface area contributed by atoms with Crippen molar-refractivity contribution in [3.63, 3.8) is 0 Å². The number of thioether (sulfide) groups is 1. The van der Waals surface area contributed by atoms with Crippen LogP contribution in [0.25, 0.3) is 85.9 Å². The van der Waals surface area contributed by atoms with Crippen LogP contribution in [0.4, 0.5) is 0 Å². The molecule has 10 aromatic rings. The molecule has 0 fully saturated rings. The number of rotatable bonds is 2. The molecule has 2 aliphatic heterocycles. The largest absolute Gasteiger partial charge is 0.339 e. The van der Waals surface area contributed by atoms with Gasteiger partial charge in [0.15, 0.2) is 0 Å².